The molecule has 2 N–H and O–H groups in total. The average molecular weight is 475 g/mol. The number of sulfonamides is 2. The molecule has 2 aromatic rings. The lowest BCUT2D eigenvalue weighted by Crippen LogP contribution is -2.49. The minimum atomic E-state index is -4.27. The van der Waals surface area contributed by atoms with Gasteiger partial charge in [-0.15, -0.1) is 0 Å². The summed E-state index contributed by atoms with van der Waals surface area (Å²) in [4.78, 5) is 12.8. The fourth-order valence-electron chi connectivity index (χ4n) is 3.22. The molecule has 1 aliphatic heterocycles. The van der Waals surface area contributed by atoms with Crippen molar-refractivity contribution in [2.45, 2.75) is 9.79 Å². The highest BCUT2D eigenvalue weighted by Crippen LogP contribution is 2.28. The number of hydrogen-bond donors (Lipinski definition) is 1. The van der Waals surface area contributed by atoms with Gasteiger partial charge in [-0.25, -0.2) is 35.5 Å². The van der Waals surface area contributed by atoms with Crippen LogP contribution in [0.2, 0.25) is 0 Å². The first-order chi connectivity index (χ1) is 14.4. The van der Waals surface area contributed by atoms with Crippen molar-refractivity contribution >= 4 is 31.7 Å². The molecule has 0 atom stereocenters. The van der Waals surface area contributed by atoms with Crippen LogP contribution in [0.15, 0.2) is 46.2 Å². The molecule has 0 aromatic heterocycles. The number of carbonyl (C=O) groups is 1. The van der Waals surface area contributed by atoms with Crippen LogP contribution in [-0.2, 0) is 24.8 Å². The summed E-state index contributed by atoms with van der Waals surface area (Å²) in [6.45, 7) is 0.0649. The molecule has 0 spiro atoms. The molecule has 0 amide bonds. The summed E-state index contributed by atoms with van der Waals surface area (Å²) in [6.07, 6.45) is 0. The van der Waals surface area contributed by atoms with Crippen LogP contribution in [0, 0.1) is 11.6 Å². The molecule has 1 fully saturated rings. The van der Waals surface area contributed by atoms with Gasteiger partial charge in [0, 0.05) is 26.2 Å². The van der Waals surface area contributed by atoms with Crippen molar-refractivity contribution in [2.75, 3.05) is 38.2 Å². The second-order valence-corrected chi connectivity index (χ2v) is 10.1. The van der Waals surface area contributed by atoms with Crippen molar-refractivity contribution in [1.29, 1.82) is 0 Å². The molecule has 2 aromatic carbocycles. The lowest BCUT2D eigenvalue weighted by atomic mass is 10.1. The van der Waals surface area contributed by atoms with Crippen LogP contribution >= 0.6 is 0 Å². The number of methoxy groups -OCH3 is 1. The van der Waals surface area contributed by atoms with Crippen molar-refractivity contribution < 1.29 is 35.1 Å². The number of hydrogen-bond acceptors (Lipinski definition) is 7. The minimum Gasteiger partial charge on any atom is -0.465 e. The fourth-order valence-corrected chi connectivity index (χ4v) is 5.26. The molecule has 1 aliphatic rings. The number of anilines is 1. The van der Waals surface area contributed by atoms with E-state index in [0.717, 1.165) is 29.6 Å². The molecule has 168 valence electrons. The largest absolute Gasteiger partial charge is 0.465 e. The predicted molar refractivity (Wildman–Crippen MR) is 106 cm³/mol. The first-order valence-electron chi connectivity index (χ1n) is 8.90. The number of halogens is 2. The fraction of sp³-hybridized carbons (Fsp3) is 0.278. The highest BCUT2D eigenvalue weighted by atomic mass is 32.2. The third-order valence-electron chi connectivity index (χ3n) is 4.79. The molecule has 1 saturated heterocycles. The highest BCUT2D eigenvalue weighted by Gasteiger charge is 2.32. The zero-order valence-corrected chi connectivity index (χ0v) is 17.9. The average Bonchev–Trinajstić information content (AvgIpc) is 2.73. The summed E-state index contributed by atoms with van der Waals surface area (Å²) in [7, 11) is -7.20. The number of nitrogens with two attached hydrogens (primary N) is 1. The van der Waals surface area contributed by atoms with Gasteiger partial charge in [0.1, 0.15) is 16.5 Å². The van der Waals surface area contributed by atoms with Crippen LogP contribution in [0.4, 0.5) is 14.5 Å². The Kier molecular flexibility index (Phi) is 6.32. The smallest absolute Gasteiger partial charge is 0.340 e. The Morgan fingerprint density at radius 3 is 2.23 bits per heavy atom. The van der Waals surface area contributed by atoms with Crippen LogP contribution in [-0.4, -0.2) is 60.4 Å². The van der Waals surface area contributed by atoms with Crippen molar-refractivity contribution in [1.82, 2.24) is 4.31 Å². The number of primary sulfonamides is 1. The summed E-state index contributed by atoms with van der Waals surface area (Å²) in [6, 6.07) is 5.88. The first-order valence-corrected chi connectivity index (χ1v) is 11.9. The predicted octanol–water partition coefficient (Wildman–Crippen LogP) is 0.910. The first kappa shape index (κ1) is 23.1. The molecule has 0 saturated carbocycles. The molecule has 31 heavy (non-hydrogen) atoms. The molecule has 9 nitrogen and oxygen atoms in total. The summed E-state index contributed by atoms with van der Waals surface area (Å²) < 4.78 is 81.8. The van der Waals surface area contributed by atoms with Crippen molar-refractivity contribution in [2.24, 2.45) is 5.14 Å². The molecule has 0 bridgehead atoms. The van der Waals surface area contributed by atoms with E-state index in [-0.39, 0.29) is 36.6 Å². The van der Waals surface area contributed by atoms with Crippen LogP contribution in [0.5, 0.6) is 0 Å². The maximum Gasteiger partial charge on any atom is 0.340 e. The molecule has 1 heterocycles. The summed E-state index contributed by atoms with van der Waals surface area (Å²) in [5, 5.41) is 5.12. The third kappa shape index (κ3) is 4.69. The highest BCUT2D eigenvalue weighted by molar-refractivity contribution is 7.89. The van der Waals surface area contributed by atoms with E-state index in [0.29, 0.717) is 11.8 Å². The van der Waals surface area contributed by atoms with E-state index in [1.165, 1.54) is 12.1 Å². The van der Waals surface area contributed by atoms with E-state index < -0.39 is 42.5 Å². The molecular weight excluding hydrogens is 456 g/mol. The lowest BCUT2D eigenvalue weighted by Gasteiger charge is -2.36. The Balaban J connectivity index is 1.87. The van der Waals surface area contributed by atoms with Gasteiger partial charge >= 0.3 is 5.97 Å². The number of carbonyl (C=O) groups excluding carboxylic acids is 1. The Morgan fingerprint density at radius 1 is 1.00 bits per heavy atom. The van der Waals surface area contributed by atoms with Gasteiger partial charge in [0.25, 0.3) is 0 Å². The SMILES string of the molecule is COC(=O)c1cc(S(N)(=O)=O)ccc1N1CCN(S(=O)(=O)c2cc(F)ccc2F)CC1. The Hall–Kier alpha value is -2.61. The van der Waals surface area contributed by atoms with Gasteiger partial charge in [-0.1, -0.05) is 0 Å². The van der Waals surface area contributed by atoms with Crippen LogP contribution < -0.4 is 10.0 Å². The number of nitrogens with zero attached hydrogens (tertiary/aromatic N) is 2. The molecule has 0 unspecified atom stereocenters. The van der Waals surface area contributed by atoms with Gasteiger partial charge in [-0.3, -0.25) is 0 Å². The molecule has 0 aliphatic carbocycles. The number of benzene rings is 2. The lowest BCUT2D eigenvalue weighted by molar-refractivity contribution is 0.0601. The summed E-state index contributed by atoms with van der Waals surface area (Å²) in [5.41, 5.74) is 0.273. The Morgan fingerprint density at radius 2 is 1.65 bits per heavy atom. The second kappa shape index (κ2) is 8.49. The van der Waals surface area contributed by atoms with Gasteiger partial charge in [-0.2, -0.15) is 4.31 Å². The second-order valence-electron chi connectivity index (χ2n) is 6.68. The molecule has 3 rings (SSSR count). The standard InChI is InChI=1S/C18H19F2N3O6S2/c1-29-18(24)14-11-13(30(21,25)26)3-5-16(14)22-6-8-23(9-7-22)31(27,28)17-10-12(19)2-4-15(17)20/h2-5,10-11H,6-9H2,1H3,(H2,21,25,26). The normalized spacial score (nSPS) is 15.7. The zero-order valence-electron chi connectivity index (χ0n) is 16.3. The van der Waals surface area contributed by atoms with E-state index in [1.54, 1.807) is 4.90 Å². The van der Waals surface area contributed by atoms with E-state index in [2.05, 4.69) is 0 Å². The van der Waals surface area contributed by atoms with E-state index in [4.69, 9.17) is 9.88 Å². The van der Waals surface area contributed by atoms with Gasteiger partial charge in [-0.05, 0) is 36.4 Å². The number of piperazine rings is 1. The van der Waals surface area contributed by atoms with E-state index in [9.17, 15) is 30.4 Å². The van der Waals surface area contributed by atoms with Crippen LogP contribution in [0.3, 0.4) is 0 Å². The summed E-state index contributed by atoms with van der Waals surface area (Å²) in [5.74, 6) is -2.73. The van der Waals surface area contributed by atoms with E-state index in [1.807, 2.05) is 0 Å². The molecule has 0 radical (unpaired) electrons. The molecular formula is C18H19F2N3O6S2. The number of esters is 1. The zero-order chi connectivity index (χ0) is 23.0. The minimum absolute atomic E-state index is 0.0542. The monoisotopic (exact) mass is 475 g/mol. The van der Waals surface area contributed by atoms with Crippen LogP contribution in [0.25, 0.3) is 0 Å². The van der Waals surface area contributed by atoms with Gasteiger partial charge < -0.3 is 9.64 Å². The van der Waals surface area contributed by atoms with E-state index >= 15 is 0 Å². The number of ether oxygens (including phenoxy) is 1. The quantitative estimate of drug-likeness (QED) is 0.637. The molecule has 13 heteroatoms. The van der Waals surface area contributed by atoms with Crippen molar-refractivity contribution in [3.63, 3.8) is 0 Å². The Labute approximate surface area is 178 Å². The number of rotatable bonds is 5. The van der Waals surface area contributed by atoms with Crippen molar-refractivity contribution in [3.8, 4) is 0 Å². The summed E-state index contributed by atoms with van der Waals surface area (Å²) >= 11 is 0. The van der Waals surface area contributed by atoms with Gasteiger partial charge in [0.05, 0.1) is 23.3 Å². The Bertz CT molecular complexity index is 1230. The maximum absolute atomic E-state index is 14.0. The topological polar surface area (TPSA) is 127 Å². The van der Waals surface area contributed by atoms with Crippen molar-refractivity contribution in [3.05, 3.63) is 53.6 Å². The third-order valence-corrected chi connectivity index (χ3v) is 7.62. The van der Waals surface area contributed by atoms with Gasteiger partial charge in [0.2, 0.25) is 20.0 Å². The maximum atomic E-state index is 14.0. The van der Waals surface area contributed by atoms with Gasteiger partial charge in [0.15, 0.2) is 0 Å². The van der Waals surface area contributed by atoms with Crippen LogP contribution in [0.1, 0.15) is 10.4 Å².